The zero-order valence-electron chi connectivity index (χ0n) is 7.85. The van der Waals surface area contributed by atoms with Crippen molar-refractivity contribution in [3.63, 3.8) is 0 Å². The number of rotatable bonds is 1. The lowest BCUT2D eigenvalue weighted by molar-refractivity contribution is 0.462. The van der Waals surface area contributed by atoms with E-state index in [0.29, 0.717) is 5.56 Å². The van der Waals surface area contributed by atoms with E-state index in [-0.39, 0.29) is 27.8 Å². The molecule has 2 aromatic rings. The average molecular weight is 205 g/mol. The zero-order chi connectivity index (χ0) is 11.0. The van der Waals surface area contributed by atoms with Gasteiger partial charge in [0, 0.05) is 11.6 Å². The second-order valence-corrected chi connectivity index (χ2v) is 3.18. The van der Waals surface area contributed by atoms with Gasteiger partial charge >= 0.3 is 0 Å². The van der Waals surface area contributed by atoms with Crippen LogP contribution in [-0.2, 0) is 0 Å². The molecule has 0 aliphatic carbocycles. The van der Waals surface area contributed by atoms with Crippen LogP contribution in [0.4, 0.5) is 5.69 Å². The Labute approximate surface area is 83.9 Å². The highest BCUT2D eigenvalue weighted by molar-refractivity contribution is 5.85. The Bertz CT molecular complexity index is 600. The van der Waals surface area contributed by atoms with Gasteiger partial charge in [0.05, 0.1) is 11.6 Å². The highest BCUT2D eigenvalue weighted by Gasteiger charge is 2.10. The second-order valence-electron chi connectivity index (χ2n) is 3.18. The smallest absolute Gasteiger partial charge is 0.195 e. The van der Waals surface area contributed by atoms with Crippen molar-refractivity contribution in [1.82, 2.24) is 0 Å². The minimum absolute atomic E-state index is 0.00194. The first-order valence-electron chi connectivity index (χ1n) is 4.22. The molecule has 0 atom stereocenters. The van der Waals surface area contributed by atoms with Gasteiger partial charge in [-0.05, 0) is 18.2 Å². The van der Waals surface area contributed by atoms with Crippen molar-refractivity contribution in [2.45, 2.75) is 6.92 Å². The van der Waals surface area contributed by atoms with Crippen LogP contribution in [0, 0.1) is 11.8 Å². The van der Waals surface area contributed by atoms with Crippen LogP contribution in [0.5, 0.6) is 5.75 Å². The normalized spacial score (nSPS) is 10.5. The highest BCUT2D eigenvalue weighted by Crippen LogP contribution is 2.28. The van der Waals surface area contributed by atoms with E-state index in [2.05, 4.69) is 5.18 Å². The minimum Gasteiger partial charge on any atom is -0.504 e. The van der Waals surface area contributed by atoms with Crippen molar-refractivity contribution >= 4 is 16.7 Å². The highest BCUT2D eigenvalue weighted by atomic mass is 16.3. The fourth-order valence-corrected chi connectivity index (χ4v) is 1.36. The van der Waals surface area contributed by atoms with Gasteiger partial charge in [-0.15, -0.1) is 4.91 Å². The Hall–Kier alpha value is -2.17. The van der Waals surface area contributed by atoms with Crippen molar-refractivity contribution in [1.29, 1.82) is 0 Å². The monoisotopic (exact) mass is 205 g/mol. The number of phenols is 1. The van der Waals surface area contributed by atoms with Crippen molar-refractivity contribution in [3.8, 4) is 5.75 Å². The SMILES string of the molecule is Cc1coc2c(O)cc(N=O)cc2c1=O. The fraction of sp³-hybridized carbons (Fsp3) is 0.100. The summed E-state index contributed by atoms with van der Waals surface area (Å²) in [6.07, 6.45) is 1.26. The maximum absolute atomic E-state index is 11.6. The number of fused-ring (bicyclic) bond motifs is 1. The molecule has 0 spiro atoms. The topological polar surface area (TPSA) is 79.9 Å². The van der Waals surface area contributed by atoms with E-state index < -0.39 is 0 Å². The number of nitrogens with zero attached hydrogens (tertiary/aromatic N) is 1. The van der Waals surface area contributed by atoms with Crippen molar-refractivity contribution in [2.24, 2.45) is 5.18 Å². The van der Waals surface area contributed by atoms with Gasteiger partial charge in [-0.1, -0.05) is 0 Å². The Morgan fingerprint density at radius 3 is 2.80 bits per heavy atom. The van der Waals surface area contributed by atoms with E-state index in [1.807, 2.05) is 0 Å². The van der Waals surface area contributed by atoms with Crippen molar-refractivity contribution in [2.75, 3.05) is 0 Å². The van der Waals surface area contributed by atoms with Gasteiger partial charge in [0.1, 0.15) is 5.69 Å². The summed E-state index contributed by atoms with van der Waals surface area (Å²) in [6, 6.07) is 2.44. The number of nitroso groups, excluding NO2 is 1. The Morgan fingerprint density at radius 2 is 2.13 bits per heavy atom. The van der Waals surface area contributed by atoms with Gasteiger partial charge < -0.3 is 9.52 Å². The Kier molecular flexibility index (Phi) is 2.00. The summed E-state index contributed by atoms with van der Waals surface area (Å²) in [6.45, 7) is 1.59. The molecule has 0 aliphatic rings. The van der Waals surface area contributed by atoms with Crippen LogP contribution in [0.25, 0.3) is 11.0 Å². The van der Waals surface area contributed by atoms with Crippen LogP contribution in [0.3, 0.4) is 0 Å². The zero-order valence-corrected chi connectivity index (χ0v) is 7.85. The van der Waals surface area contributed by atoms with Crippen molar-refractivity contribution < 1.29 is 9.52 Å². The van der Waals surface area contributed by atoms with Gasteiger partial charge in [-0.25, -0.2) is 0 Å². The van der Waals surface area contributed by atoms with E-state index in [1.54, 1.807) is 6.92 Å². The first kappa shape index (κ1) is 9.39. The van der Waals surface area contributed by atoms with E-state index in [4.69, 9.17) is 4.42 Å². The van der Waals surface area contributed by atoms with E-state index in [0.717, 1.165) is 6.07 Å². The predicted molar refractivity (Wildman–Crippen MR) is 54.3 cm³/mol. The summed E-state index contributed by atoms with van der Waals surface area (Å²) < 4.78 is 5.06. The third-order valence-corrected chi connectivity index (χ3v) is 2.12. The fourth-order valence-electron chi connectivity index (χ4n) is 1.36. The summed E-state index contributed by atoms with van der Waals surface area (Å²) in [4.78, 5) is 21.9. The molecule has 5 nitrogen and oxygen atoms in total. The molecular weight excluding hydrogens is 198 g/mol. The lowest BCUT2D eigenvalue weighted by Crippen LogP contribution is -2.04. The van der Waals surface area contributed by atoms with Gasteiger partial charge in [0.25, 0.3) is 0 Å². The molecule has 5 heteroatoms. The molecule has 1 aromatic heterocycles. The molecule has 2 rings (SSSR count). The molecule has 0 saturated carbocycles. The van der Waals surface area contributed by atoms with Crippen LogP contribution in [0.1, 0.15) is 5.56 Å². The molecule has 0 saturated heterocycles. The first-order chi connectivity index (χ1) is 7.13. The number of phenolic OH excluding ortho intramolecular Hbond substituents is 1. The molecule has 0 unspecified atom stereocenters. The first-order valence-corrected chi connectivity index (χ1v) is 4.22. The lowest BCUT2D eigenvalue weighted by Gasteiger charge is -2.00. The minimum atomic E-state index is -0.281. The molecule has 0 bridgehead atoms. The van der Waals surface area contributed by atoms with Crippen LogP contribution in [0.15, 0.2) is 32.8 Å². The summed E-state index contributed by atoms with van der Waals surface area (Å²) in [5, 5.41) is 12.3. The number of hydrogen-bond acceptors (Lipinski definition) is 5. The quantitative estimate of drug-likeness (QED) is 0.723. The summed E-state index contributed by atoms with van der Waals surface area (Å²) in [7, 11) is 0. The molecule has 1 N–H and O–H groups in total. The molecular formula is C10H7NO4. The number of aromatic hydroxyl groups is 1. The lowest BCUT2D eigenvalue weighted by atomic mass is 10.1. The van der Waals surface area contributed by atoms with Crippen LogP contribution < -0.4 is 5.43 Å². The second kappa shape index (κ2) is 3.20. The average Bonchev–Trinajstić information content (AvgIpc) is 2.23. The van der Waals surface area contributed by atoms with Crippen LogP contribution in [0.2, 0.25) is 0 Å². The Balaban J connectivity index is 2.99. The summed E-state index contributed by atoms with van der Waals surface area (Å²) >= 11 is 0. The van der Waals surface area contributed by atoms with E-state index in [9.17, 15) is 14.8 Å². The third-order valence-electron chi connectivity index (χ3n) is 2.12. The van der Waals surface area contributed by atoms with Crippen LogP contribution in [-0.4, -0.2) is 5.11 Å². The van der Waals surface area contributed by atoms with Gasteiger partial charge in [-0.3, -0.25) is 4.79 Å². The molecule has 0 aliphatic heterocycles. The maximum atomic E-state index is 11.6. The summed E-state index contributed by atoms with van der Waals surface area (Å²) in [5.74, 6) is -0.265. The summed E-state index contributed by atoms with van der Waals surface area (Å²) in [5.41, 5.74) is 0.192. The molecule has 0 fully saturated rings. The Morgan fingerprint density at radius 1 is 1.40 bits per heavy atom. The van der Waals surface area contributed by atoms with E-state index in [1.165, 1.54) is 12.3 Å². The molecule has 1 heterocycles. The van der Waals surface area contributed by atoms with Crippen LogP contribution >= 0.6 is 0 Å². The third kappa shape index (κ3) is 1.38. The van der Waals surface area contributed by atoms with Gasteiger partial charge in [0.2, 0.25) is 0 Å². The molecule has 76 valence electrons. The maximum Gasteiger partial charge on any atom is 0.195 e. The predicted octanol–water partition coefficient (Wildman–Crippen LogP) is 2.20. The number of benzene rings is 1. The molecule has 1 aromatic carbocycles. The number of aryl methyl sites for hydroxylation is 1. The molecule has 0 amide bonds. The molecule has 15 heavy (non-hydrogen) atoms. The van der Waals surface area contributed by atoms with Gasteiger partial charge in [0.15, 0.2) is 16.8 Å². The molecule has 0 radical (unpaired) electrons. The van der Waals surface area contributed by atoms with Crippen molar-refractivity contribution in [3.05, 3.63) is 39.1 Å². The largest absolute Gasteiger partial charge is 0.504 e. The van der Waals surface area contributed by atoms with Gasteiger partial charge in [-0.2, -0.15) is 0 Å². The van der Waals surface area contributed by atoms with E-state index >= 15 is 0 Å². The standard InChI is InChI=1S/C10H7NO4/c1-5-4-15-10-7(9(5)13)2-6(11-14)3-8(10)12/h2-4,12H,1H3. The number of hydrogen-bond donors (Lipinski definition) is 1.